The Morgan fingerprint density at radius 1 is 1.09 bits per heavy atom. The Morgan fingerprint density at radius 3 is 2.53 bits per heavy atom. The Kier molecular flexibility index (Phi) is 9.30. The van der Waals surface area contributed by atoms with Crippen LogP contribution in [0.5, 0.6) is 11.5 Å². The van der Waals surface area contributed by atoms with Gasteiger partial charge in [-0.3, -0.25) is 9.78 Å². The van der Waals surface area contributed by atoms with E-state index >= 15 is 0 Å². The van der Waals surface area contributed by atoms with E-state index < -0.39 is 0 Å². The van der Waals surface area contributed by atoms with Crippen LogP contribution in [0, 0.1) is 13.8 Å². The van der Waals surface area contributed by atoms with Crippen molar-refractivity contribution in [2.75, 3.05) is 45.8 Å². The van der Waals surface area contributed by atoms with Crippen molar-refractivity contribution in [2.45, 2.75) is 39.5 Å². The Balaban J connectivity index is 1.75. The number of nitrogens with one attached hydrogen (secondary N) is 2. The van der Waals surface area contributed by atoms with Gasteiger partial charge in [0, 0.05) is 36.1 Å². The Labute approximate surface area is 200 Å². The third kappa shape index (κ3) is 6.48. The summed E-state index contributed by atoms with van der Waals surface area (Å²) in [4.78, 5) is 21.8. The number of aryl methyl sites for hydroxylation is 2. The van der Waals surface area contributed by atoms with Gasteiger partial charge in [0.1, 0.15) is 0 Å². The summed E-state index contributed by atoms with van der Waals surface area (Å²) in [6.45, 7) is 6.38. The lowest BCUT2D eigenvalue weighted by Crippen LogP contribution is -2.23. The number of hydrogen-bond donors (Lipinski definition) is 3. The Hall–Kier alpha value is -3.10. The van der Waals surface area contributed by atoms with Gasteiger partial charge in [0.15, 0.2) is 11.5 Å². The normalized spacial score (nSPS) is 11.2. The highest BCUT2D eigenvalue weighted by atomic mass is 16.5. The average Bonchev–Trinajstić information content (AvgIpc) is 2.81. The maximum Gasteiger partial charge on any atom is 0.250 e. The number of rotatable bonds is 13. The van der Waals surface area contributed by atoms with Crippen molar-refractivity contribution in [1.82, 2.24) is 14.9 Å². The second kappa shape index (κ2) is 12.4. The van der Waals surface area contributed by atoms with Crippen LogP contribution in [0.3, 0.4) is 0 Å². The summed E-state index contributed by atoms with van der Waals surface area (Å²) >= 11 is 0. The van der Waals surface area contributed by atoms with Gasteiger partial charge < -0.3 is 29.8 Å². The van der Waals surface area contributed by atoms with Crippen LogP contribution in [0.2, 0.25) is 0 Å². The molecule has 0 radical (unpaired) electrons. The van der Waals surface area contributed by atoms with E-state index in [-0.39, 0.29) is 12.2 Å². The first-order valence-electron chi connectivity index (χ1n) is 11.8. The number of aliphatic hydroxyl groups excluding tert-OH is 1. The molecule has 1 aromatic carbocycles. The van der Waals surface area contributed by atoms with Crippen molar-refractivity contribution in [3.63, 3.8) is 0 Å². The van der Waals surface area contributed by atoms with Crippen LogP contribution >= 0.6 is 0 Å². The number of fused-ring (bicyclic) bond motifs is 1. The first-order valence-corrected chi connectivity index (χ1v) is 11.8. The molecule has 0 saturated carbocycles. The maximum atomic E-state index is 12.5. The Bertz CT molecular complexity index is 1130. The summed E-state index contributed by atoms with van der Waals surface area (Å²) in [6.07, 6.45) is 7.73. The van der Waals surface area contributed by atoms with Crippen molar-refractivity contribution >= 4 is 22.3 Å². The number of methoxy groups -OCH3 is 1. The molecular formula is C26H36N4O4. The number of ether oxygens (including phenoxy) is 2. The molecule has 184 valence electrons. The van der Waals surface area contributed by atoms with E-state index in [1.165, 1.54) is 0 Å². The van der Waals surface area contributed by atoms with Gasteiger partial charge in [-0.1, -0.05) is 12.8 Å². The van der Waals surface area contributed by atoms with Crippen LogP contribution in [0.4, 0.5) is 11.4 Å². The van der Waals surface area contributed by atoms with Crippen molar-refractivity contribution in [1.29, 1.82) is 0 Å². The third-order valence-electron chi connectivity index (χ3n) is 5.90. The van der Waals surface area contributed by atoms with Gasteiger partial charge in [0.2, 0.25) is 0 Å². The van der Waals surface area contributed by atoms with Gasteiger partial charge in [0.25, 0.3) is 5.56 Å². The molecule has 0 atom stereocenters. The van der Waals surface area contributed by atoms with Gasteiger partial charge in [0.05, 0.1) is 31.5 Å². The largest absolute Gasteiger partial charge is 0.493 e. The fourth-order valence-electron chi connectivity index (χ4n) is 4.01. The fraction of sp³-hybridized carbons (Fsp3) is 0.462. The molecule has 34 heavy (non-hydrogen) atoms. The molecule has 0 aliphatic heterocycles. The monoisotopic (exact) mass is 468 g/mol. The second-order valence-corrected chi connectivity index (χ2v) is 8.63. The maximum absolute atomic E-state index is 12.5. The SMILES string of the molecule is COc1ccc2c(Nc3c(C)cncc3C)cc(=O)[nH]c2c1OCCCCCCN(C)CCO. The van der Waals surface area contributed by atoms with Crippen LogP contribution in [0.1, 0.15) is 36.8 Å². The molecule has 0 aliphatic carbocycles. The molecule has 0 bridgehead atoms. The predicted octanol–water partition coefficient (Wildman–Crippen LogP) is 4.16. The number of H-pyrrole nitrogens is 1. The van der Waals surface area contributed by atoms with Gasteiger partial charge in [-0.05, 0) is 63.5 Å². The average molecular weight is 469 g/mol. The smallest absolute Gasteiger partial charge is 0.250 e. The molecule has 2 aromatic heterocycles. The molecular weight excluding hydrogens is 432 g/mol. The standard InChI is InChI=1S/C26H36N4O4/c1-18-16-27-17-19(2)24(18)28-21-15-23(32)29-25-20(21)9-10-22(33-4)26(25)34-14-8-6-5-7-11-30(3)12-13-31/h9-10,15-17,31H,5-8,11-14H2,1-4H3,(H2,27,28,29,32). The van der Waals surface area contributed by atoms with Crippen LogP contribution in [0.15, 0.2) is 35.4 Å². The van der Waals surface area contributed by atoms with Gasteiger partial charge in [-0.25, -0.2) is 0 Å². The summed E-state index contributed by atoms with van der Waals surface area (Å²) in [7, 11) is 3.62. The molecule has 0 aliphatic rings. The van der Waals surface area contributed by atoms with Crippen LogP contribution < -0.4 is 20.3 Å². The molecule has 2 heterocycles. The number of benzene rings is 1. The number of pyridine rings is 2. The molecule has 3 rings (SSSR count). The summed E-state index contributed by atoms with van der Waals surface area (Å²) in [6, 6.07) is 5.35. The number of likely N-dealkylation sites (N-methyl/N-ethyl adjacent to an activating group) is 1. The molecule has 0 fully saturated rings. The van der Waals surface area contributed by atoms with E-state index in [9.17, 15) is 4.79 Å². The zero-order chi connectivity index (χ0) is 24.5. The number of anilines is 2. The minimum absolute atomic E-state index is 0.193. The molecule has 0 amide bonds. The molecule has 3 aromatic rings. The number of nitrogens with zero attached hydrogens (tertiary/aromatic N) is 2. The first-order chi connectivity index (χ1) is 16.4. The number of unbranched alkanes of at least 4 members (excludes halogenated alkanes) is 3. The number of aromatic nitrogens is 2. The zero-order valence-electron chi connectivity index (χ0n) is 20.6. The quantitative estimate of drug-likeness (QED) is 0.324. The minimum Gasteiger partial charge on any atom is -0.493 e. The Morgan fingerprint density at radius 2 is 1.82 bits per heavy atom. The molecule has 0 unspecified atom stereocenters. The van der Waals surface area contributed by atoms with E-state index in [4.69, 9.17) is 14.6 Å². The first kappa shape index (κ1) is 25.5. The highest BCUT2D eigenvalue weighted by Gasteiger charge is 2.15. The zero-order valence-corrected chi connectivity index (χ0v) is 20.6. The van der Waals surface area contributed by atoms with E-state index in [2.05, 4.69) is 20.2 Å². The summed E-state index contributed by atoms with van der Waals surface area (Å²) < 4.78 is 11.7. The lowest BCUT2D eigenvalue weighted by Gasteiger charge is -2.17. The lowest BCUT2D eigenvalue weighted by molar-refractivity contribution is 0.218. The van der Waals surface area contributed by atoms with Crippen LogP contribution in [-0.2, 0) is 0 Å². The number of aromatic amines is 1. The molecule has 0 saturated heterocycles. The highest BCUT2D eigenvalue weighted by molar-refractivity contribution is 5.97. The van der Waals surface area contributed by atoms with Crippen molar-refractivity contribution in [2.24, 2.45) is 0 Å². The van der Waals surface area contributed by atoms with Gasteiger partial charge in [-0.15, -0.1) is 0 Å². The number of aliphatic hydroxyl groups is 1. The van der Waals surface area contributed by atoms with E-state index in [0.29, 0.717) is 35.9 Å². The second-order valence-electron chi connectivity index (χ2n) is 8.63. The minimum atomic E-state index is -0.218. The van der Waals surface area contributed by atoms with Crippen molar-refractivity contribution in [3.8, 4) is 11.5 Å². The summed E-state index contributed by atoms with van der Waals surface area (Å²) in [5, 5.41) is 13.2. The number of hydrogen-bond acceptors (Lipinski definition) is 7. The van der Waals surface area contributed by atoms with E-state index in [1.54, 1.807) is 25.6 Å². The molecule has 0 spiro atoms. The van der Waals surface area contributed by atoms with Crippen LogP contribution in [-0.4, -0.2) is 60.4 Å². The lowest BCUT2D eigenvalue weighted by atomic mass is 10.1. The van der Waals surface area contributed by atoms with Gasteiger partial charge >= 0.3 is 0 Å². The summed E-state index contributed by atoms with van der Waals surface area (Å²) in [5.41, 5.74) is 4.04. The predicted molar refractivity (Wildman–Crippen MR) is 137 cm³/mol. The summed E-state index contributed by atoms with van der Waals surface area (Å²) in [5.74, 6) is 1.13. The van der Waals surface area contributed by atoms with Gasteiger partial charge in [-0.2, -0.15) is 0 Å². The molecule has 8 nitrogen and oxygen atoms in total. The molecule has 8 heteroatoms. The molecule has 3 N–H and O–H groups in total. The topological polar surface area (TPSA) is 99.7 Å². The highest BCUT2D eigenvalue weighted by Crippen LogP contribution is 2.37. The van der Waals surface area contributed by atoms with Crippen molar-refractivity contribution in [3.05, 3.63) is 52.1 Å². The fourth-order valence-corrected chi connectivity index (χ4v) is 4.01. The third-order valence-corrected chi connectivity index (χ3v) is 5.90. The van der Waals surface area contributed by atoms with E-state index in [1.807, 2.05) is 33.0 Å². The van der Waals surface area contributed by atoms with E-state index in [0.717, 1.165) is 54.4 Å². The van der Waals surface area contributed by atoms with Crippen molar-refractivity contribution < 1.29 is 14.6 Å². The van der Waals surface area contributed by atoms with Crippen LogP contribution in [0.25, 0.3) is 10.9 Å².